The van der Waals surface area contributed by atoms with Crippen LogP contribution in [0.1, 0.15) is 39.9 Å². The lowest BCUT2D eigenvalue weighted by Gasteiger charge is -2.10. The highest BCUT2D eigenvalue weighted by Gasteiger charge is 2.29. The third-order valence-corrected chi connectivity index (χ3v) is 5.67. The van der Waals surface area contributed by atoms with Crippen LogP contribution in [0.5, 0.6) is 0 Å². The molecule has 0 saturated carbocycles. The Morgan fingerprint density at radius 1 is 1.34 bits per heavy atom. The van der Waals surface area contributed by atoms with Gasteiger partial charge >= 0.3 is 5.97 Å². The van der Waals surface area contributed by atoms with Gasteiger partial charge in [0.2, 0.25) is 5.69 Å². The second kappa shape index (κ2) is 7.73. The molecule has 2 aromatic heterocycles. The molecular weight excluding hydrogens is 428 g/mol. The van der Waals surface area contributed by atoms with Crippen molar-refractivity contribution in [3.8, 4) is 17.4 Å². The average molecular weight is 443 g/mol. The molecule has 0 radical (unpaired) electrons. The molecule has 32 heavy (non-hydrogen) atoms. The first kappa shape index (κ1) is 20.9. The van der Waals surface area contributed by atoms with Crippen LogP contribution in [0.15, 0.2) is 40.3 Å². The molecule has 7 nitrogen and oxygen atoms in total. The summed E-state index contributed by atoms with van der Waals surface area (Å²) in [6, 6.07) is 9.96. The highest BCUT2D eigenvalue weighted by molar-refractivity contribution is 6.33. The van der Waals surface area contributed by atoms with Crippen molar-refractivity contribution in [2.75, 3.05) is 5.73 Å². The number of hydrogen-bond donors (Lipinski definition) is 2. The van der Waals surface area contributed by atoms with Gasteiger partial charge in [0.1, 0.15) is 23.4 Å². The zero-order valence-corrected chi connectivity index (χ0v) is 17.8. The topological polar surface area (TPSA) is 118 Å². The zero-order chi connectivity index (χ0) is 23.2. The van der Waals surface area contributed by atoms with Crippen LogP contribution in [-0.2, 0) is 0 Å². The monoisotopic (exact) mass is 442 g/mol. The summed E-state index contributed by atoms with van der Waals surface area (Å²) in [5.74, 6) is -0.107. The summed E-state index contributed by atoms with van der Waals surface area (Å²) in [4.78, 5) is 19.1. The van der Waals surface area contributed by atoms with Gasteiger partial charge in [0.25, 0.3) is 0 Å². The van der Waals surface area contributed by atoms with E-state index in [1.54, 1.807) is 32.1 Å². The van der Waals surface area contributed by atoms with Crippen LogP contribution in [0.4, 0.5) is 11.5 Å². The van der Waals surface area contributed by atoms with E-state index < -0.39 is 5.97 Å². The number of carboxylic acids is 1. The fourth-order valence-corrected chi connectivity index (χ4v) is 3.96. The number of fused-ring (bicyclic) bond motifs is 1. The quantitative estimate of drug-likeness (QED) is 0.481. The van der Waals surface area contributed by atoms with Gasteiger partial charge < -0.3 is 15.3 Å². The van der Waals surface area contributed by atoms with E-state index in [1.807, 2.05) is 0 Å². The Labute approximate surface area is 188 Å². The third kappa shape index (κ3) is 3.22. The highest BCUT2D eigenvalue weighted by atomic mass is 35.5. The number of rotatable bonds is 3. The fraction of sp³-hybridized carbons (Fsp3) is 0.0833. The van der Waals surface area contributed by atoms with Crippen molar-refractivity contribution in [2.24, 2.45) is 0 Å². The molecule has 0 saturated heterocycles. The van der Waals surface area contributed by atoms with Crippen LogP contribution in [0, 0.1) is 24.8 Å². The molecule has 0 unspecified atom stereocenters. The number of carboxylic acid groups (broad SMARTS) is 1. The Balaban J connectivity index is 1.86. The van der Waals surface area contributed by atoms with Crippen LogP contribution in [0.25, 0.3) is 33.4 Å². The molecule has 0 bridgehead atoms. The van der Waals surface area contributed by atoms with Gasteiger partial charge in [0.05, 0.1) is 28.4 Å². The smallest absolute Gasteiger partial charge is 0.335 e. The molecule has 1 aromatic carbocycles. The van der Waals surface area contributed by atoms with Crippen LogP contribution in [-0.4, -0.2) is 16.1 Å². The number of carbonyl (C=O) groups is 1. The Hall–Kier alpha value is -4.33. The minimum atomic E-state index is -1.07. The molecule has 8 heteroatoms. The van der Waals surface area contributed by atoms with E-state index in [0.29, 0.717) is 55.6 Å². The van der Waals surface area contributed by atoms with Crippen LogP contribution >= 0.6 is 11.6 Å². The minimum absolute atomic E-state index is 0.0892. The van der Waals surface area contributed by atoms with E-state index in [0.717, 1.165) is 0 Å². The van der Waals surface area contributed by atoms with Crippen molar-refractivity contribution in [2.45, 2.75) is 13.8 Å². The maximum Gasteiger partial charge on any atom is 0.335 e. The number of halogens is 1. The molecule has 1 aliphatic carbocycles. The molecule has 156 valence electrons. The highest BCUT2D eigenvalue weighted by Crippen LogP contribution is 2.46. The molecule has 3 N–H and O–H groups in total. The second-order valence-corrected chi connectivity index (χ2v) is 7.58. The van der Waals surface area contributed by atoms with Crippen molar-refractivity contribution in [1.29, 1.82) is 5.26 Å². The molecule has 3 aromatic rings. The van der Waals surface area contributed by atoms with E-state index in [2.05, 4.69) is 15.9 Å². The molecule has 4 rings (SSSR count). The van der Waals surface area contributed by atoms with Crippen molar-refractivity contribution >= 4 is 46.3 Å². The summed E-state index contributed by atoms with van der Waals surface area (Å²) in [6.45, 7) is 11.0. The first-order valence-electron chi connectivity index (χ1n) is 9.41. The number of benzene rings is 1. The molecule has 0 aliphatic heterocycles. The summed E-state index contributed by atoms with van der Waals surface area (Å²) >= 11 is 6.25. The maximum absolute atomic E-state index is 11.3. The van der Waals surface area contributed by atoms with Crippen molar-refractivity contribution in [3.05, 3.63) is 80.5 Å². The van der Waals surface area contributed by atoms with Crippen LogP contribution in [0.2, 0.25) is 5.02 Å². The van der Waals surface area contributed by atoms with Crippen molar-refractivity contribution in [1.82, 2.24) is 4.98 Å². The number of furan rings is 1. The summed E-state index contributed by atoms with van der Waals surface area (Å²) in [5, 5.41) is 19.3. The fourth-order valence-electron chi connectivity index (χ4n) is 3.75. The predicted molar refractivity (Wildman–Crippen MR) is 122 cm³/mol. The first-order valence-corrected chi connectivity index (χ1v) is 9.79. The molecule has 1 aliphatic rings. The van der Waals surface area contributed by atoms with Gasteiger partial charge in [-0.25, -0.2) is 14.6 Å². The molecule has 0 amide bonds. The standard InChI is InChI=1S/C24H15ClN4O3/c1-11-15(20-12(2)21(28-3)23(27)29-22(20)17(11)10-26)9-14-5-7-19(32-14)16-8-13(24(30)31)4-6-18(16)25/h4-9H,1-2H3,(H2,27,29)(H,30,31)/b15-9+. The second-order valence-electron chi connectivity index (χ2n) is 7.18. The molecule has 0 atom stereocenters. The van der Waals surface area contributed by atoms with Crippen LogP contribution < -0.4 is 5.73 Å². The summed E-state index contributed by atoms with van der Waals surface area (Å²) < 4.78 is 5.93. The van der Waals surface area contributed by atoms with Gasteiger partial charge in [-0.3, -0.25) is 0 Å². The van der Waals surface area contributed by atoms with Crippen molar-refractivity contribution < 1.29 is 14.3 Å². The number of nitrogen functional groups attached to an aromatic ring is 1. The summed E-state index contributed by atoms with van der Waals surface area (Å²) in [6.07, 6.45) is 1.76. The molecule has 0 fully saturated rings. The summed E-state index contributed by atoms with van der Waals surface area (Å²) in [5.41, 5.74) is 10.3. The van der Waals surface area contributed by atoms with Gasteiger partial charge in [-0.1, -0.05) is 11.6 Å². The zero-order valence-electron chi connectivity index (χ0n) is 17.0. The number of nitrogens with zero attached hydrogens (tertiary/aromatic N) is 3. The van der Waals surface area contributed by atoms with Gasteiger partial charge in [-0.05, 0) is 67.0 Å². The SMILES string of the molecule is [C-]#[N+]c1c(N)nc2c(c1C)/C(=C/c1ccc(-c3cc(C(=O)O)ccc3Cl)o1)C(C)=C2C#N. The Kier molecular flexibility index (Phi) is 5.06. The third-order valence-electron chi connectivity index (χ3n) is 5.34. The van der Waals surface area contributed by atoms with Gasteiger partial charge in [0.15, 0.2) is 0 Å². The van der Waals surface area contributed by atoms with Crippen LogP contribution in [0.3, 0.4) is 0 Å². The molecular formula is C24H15ClN4O3. The lowest BCUT2D eigenvalue weighted by molar-refractivity contribution is 0.0697. The van der Waals surface area contributed by atoms with E-state index in [9.17, 15) is 15.2 Å². The molecule has 0 spiro atoms. The predicted octanol–water partition coefficient (Wildman–Crippen LogP) is 5.99. The number of anilines is 1. The first-order chi connectivity index (χ1) is 15.3. The van der Waals surface area contributed by atoms with E-state index in [-0.39, 0.29) is 17.1 Å². The number of hydrogen-bond acceptors (Lipinski definition) is 5. The number of aromatic carboxylic acids is 1. The normalized spacial score (nSPS) is 13.7. The molecule has 2 heterocycles. The Morgan fingerprint density at radius 2 is 2.09 bits per heavy atom. The largest absolute Gasteiger partial charge is 0.478 e. The van der Waals surface area contributed by atoms with E-state index in [4.69, 9.17) is 28.3 Å². The number of aromatic nitrogens is 1. The average Bonchev–Trinajstić information content (AvgIpc) is 3.31. The lowest BCUT2D eigenvalue weighted by atomic mass is 9.98. The summed E-state index contributed by atoms with van der Waals surface area (Å²) in [7, 11) is 0. The number of pyridine rings is 1. The lowest BCUT2D eigenvalue weighted by Crippen LogP contribution is -1.99. The van der Waals surface area contributed by atoms with Gasteiger partial charge in [0, 0.05) is 11.1 Å². The Morgan fingerprint density at radius 3 is 2.75 bits per heavy atom. The maximum atomic E-state index is 11.3. The Bertz CT molecular complexity index is 1470. The van der Waals surface area contributed by atoms with Gasteiger partial charge in [-0.15, -0.1) is 0 Å². The minimum Gasteiger partial charge on any atom is -0.478 e. The van der Waals surface area contributed by atoms with Crippen molar-refractivity contribution in [3.63, 3.8) is 0 Å². The van der Waals surface area contributed by atoms with E-state index in [1.165, 1.54) is 18.2 Å². The number of nitrogens with two attached hydrogens (primary N) is 1. The van der Waals surface area contributed by atoms with Gasteiger partial charge in [-0.2, -0.15) is 5.26 Å². The van der Waals surface area contributed by atoms with E-state index >= 15 is 0 Å². The number of allylic oxidation sites excluding steroid dienone is 3. The number of nitriles is 1.